The van der Waals surface area contributed by atoms with Crippen molar-refractivity contribution in [2.75, 3.05) is 39.8 Å². The minimum absolute atomic E-state index is 0.454. The molecule has 1 heterocycles. The number of hydrogen-bond donors (Lipinski definition) is 0. The number of likely N-dealkylation sites (N-methyl/N-ethyl adjacent to an activating group) is 1. The van der Waals surface area contributed by atoms with E-state index in [0.29, 0.717) is 5.41 Å². The van der Waals surface area contributed by atoms with Gasteiger partial charge in [0.25, 0.3) is 0 Å². The lowest BCUT2D eigenvalue weighted by molar-refractivity contribution is 0.139. The zero-order valence-electron chi connectivity index (χ0n) is 8.05. The van der Waals surface area contributed by atoms with E-state index in [-0.39, 0.29) is 0 Å². The zero-order valence-corrected chi connectivity index (χ0v) is 8.05. The number of nitrogens with zero attached hydrogens (tertiary/aromatic N) is 2. The Balaban J connectivity index is 1.75. The van der Waals surface area contributed by atoms with E-state index in [2.05, 4.69) is 23.8 Å². The van der Waals surface area contributed by atoms with Crippen LogP contribution in [0.1, 0.15) is 12.8 Å². The van der Waals surface area contributed by atoms with Crippen molar-refractivity contribution in [3.63, 3.8) is 0 Å². The molecule has 1 saturated carbocycles. The van der Waals surface area contributed by atoms with Gasteiger partial charge >= 0.3 is 0 Å². The third kappa shape index (κ3) is 1.99. The summed E-state index contributed by atoms with van der Waals surface area (Å²) in [5.41, 5.74) is 0.454. The van der Waals surface area contributed by atoms with Gasteiger partial charge in [-0.2, -0.15) is 0 Å². The molecule has 0 aromatic carbocycles. The van der Waals surface area contributed by atoms with Crippen molar-refractivity contribution >= 4 is 0 Å². The summed E-state index contributed by atoms with van der Waals surface area (Å²) in [5, 5.41) is 0. The van der Waals surface area contributed by atoms with Crippen LogP contribution in [0.4, 0.5) is 0 Å². The first-order valence-electron chi connectivity index (χ1n) is 4.94. The Morgan fingerprint density at radius 3 is 2.25 bits per heavy atom. The molecule has 1 radical (unpaired) electrons. The first kappa shape index (κ1) is 8.52. The normalized spacial score (nSPS) is 30.5. The molecule has 0 amide bonds. The maximum Gasteiger partial charge on any atom is 0.0110 e. The second-order valence-corrected chi connectivity index (χ2v) is 4.58. The van der Waals surface area contributed by atoms with E-state index in [4.69, 9.17) is 0 Å². The first-order valence-corrected chi connectivity index (χ1v) is 4.94. The van der Waals surface area contributed by atoms with Crippen molar-refractivity contribution in [2.45, 2.75) is 12.8 Å². The van der Waals surface area contributed by atoms with Gasteiger partial charge in [0.05, 0.1) is 0 Å². The van der Waals surface area contributed by atoms with Crippen molar-refractivity contribution in [2.24, 2.45) is 5.41 Å². The maximum atomic E-state index is 4.24. The molecule has 2 fully saturated rings. The summed E-state index contributed by atoms with van der Waals surface area (Å²) in [5.74, 6) is 0. The van der Waals surface area contributed by atoms with Crippen LogP contribution in [-0.4, -0.2) is 49.6 Å². The zero-order chi connectivity index (χ0) is 8.60. The molecule has 0 unspecified atom stereocenters. The Hall–Kier alpha value is -0.0800. The molecule has 0 bridgehead atoms. The Morgan fingerprint density at radius 1 is 1.17 bits per heavy atom. The SMILES string of the molecule is [CH2]C1(CN2CCN(C)CC2)CC1. The minimum Gasteiger partial charge on any atom is -0.304 e. The molecule has 12 heavy (non-hydrogen) atoms. The smallest absolute Gasteiger partial charge is 0.0110 e. The third-order valence-electron chi connectivity index (χ3n) is 3.11. The summed E-state index contributed by atoms with van der Waals surface area (Å²) in [6.45, 7) is 10.4. The molecule has 0 N–H and O–H groups in total. The predicted molar refractivity (Wildman–Crippen MR) is 51.0 cm³/mol. The van der Waals surface area contributed by atoms with Crippen molar-refractivity contribution in [1.29, 1.82) is 0 Å². The van der Waals surface area contributed by atoms with Crippen LogP contribution in [0, 0.1) is 12.3 Å². The lowest BCUT2D eigenvalue weighted by Gasteiger charge is -2.33. The third-order valence-corrected chi connectivity index (χ3v) is 3.11. The van der Waals surface area contributed by atoms with Crippen LogP contribution < -0.4 is 0 Å². The second kappa shape index (κ2) is 3.00. The predicted octanol–water partition coefficient (Wildman–Crippen LogP) is 0.848. The molecule has 0 aromatic rings. The molecule has 2 nitrogen and oxygen atoms in total. The van der Waals surface area contributed by atoms with Crippen LogP contribution in [-0.2, 0) is 0 Å². The van der Waals surface area contributed by atoms with Gasteiger partial charge in [0.2, 0.25) is 0 Å². The molecule has 2 rings (SSSR count). The van der Waals surface area contributed by atoms with Crippen molar-refractivity contribution in [3.05, 3.63) is 6.92 Å². The van der Waals surface area contributed by atoms with Crippen LogP contribution in [0.25, 0.3) is 0 Å². The molecule has 69 valence electrons. The highest BCUT2D eigenvalue weighted by Crippen LogP contribution is 2.45. The van der Waals surface area contributed by atoms with Crippen LogP contribution in [0.3, 0.4) is 0 Å². The average Bonchev–Trinajstić information content (AvgIpc) is 2.74. The van der Waals surface area contributed by atoms with Crippen LogP contribution >= 0.6 is 0 Å². The van der Waals surface area contributed by atoms with E-state index < -0.39 is 0 Å². The van der Waals surface area contributed by atoms with Gasteiger partial charge in [0.1, 0.15) is 0 Å². The summed E-state index contributed by atoms with van der Waals surface area (Å²) in [4.78, 5) is 4.97. The molecule has 2 aliphatic rings. The number of piperazine rings is 1. The highest BCUT2D eigenvalue weighted by atomic mass is 15.2. The fraction of sp³-hybridized carbons (Fsp3) is 0.900. The summed E-state index contributed by atoms with van der Waals surface area (Å²) >= 11 is 0. The largest absolute Gasteiger partial charge is 0.304 e. The Kier molecular flexibility index (Phi) is 2.13. The maximum absolute atomic E-state index is 4.24. The quantitative estimate of drug-likeness (QED) is 0.601. The molecule has 0 aromatic heterocycles. The number of rotatable bonds is 2. The van der Waals surface area contributed by atoms with E-state index in [0.717, 1.165) is 0 Å². The molecule has 2 heteroatoms. The highest BCUT2D eigenvalue weighted by Gasteiger charge is 2.39. The Morgan fingerprint density at radius 2 is 1.75 bits per heavy atom. The van der Waals surface area contributed by atoms with Crippen LogP contribution in [0.2, 0.25) is 0 Å². The lowest BCUT2D eigenvalue weighted by Crippen LogP contribution is -2.46. The lowest BCUT2D eigenvalue weighted by atomic mass is 10.1. The van der Waals surface area contributed by atoms with E-state index in [1.807, 2.05) is 0 Å². The first-order chi connectivity index (χ1) is 5.68. The van der Waals surface area contributed by atoms with Gasteiger partial charge in [-0.25, -0.2) is 0 Å². The summed E-state index contributed by atoms with van der Waals surface area (Å²) in [6, 6.07) is 0. The monoisotopic (exact) mass is 167 g/mol. The molecular weight excluding hydrogens is 148 g/mol. The highest BCUT2D eigenvalue weighted by molar-refractivity contribution is 4.98. The number of hydrogen-bond acceptors (Lipinski definition) is 2. The average molecular weight is 167 g/mol. The fourth-order valence-corrected chi connectivity index (χ4v) is 1.82. The van der Waals surface area contributed by atoms with Crippen molar-refractivity contribution < 1.29 is 0 Å². The van der Waals surface area contributed by atoms with Crippen molar-refractivity contribution in [3.8, 4) is 0 Å². The minimum atomic E-state index is 0.454. The summed E-state index contributed by atoms with van der Waals surface area (Å²) < 4.78 is 0. The van der Waals surface area contributed by atoms with E-state index in [1.54, 1.807) is 0 Å². The van der Waals surface area contributed by atoms with Gasteiger partial charge in [-0.05, 0) is 32.2 Å². The topological polar surface area (TPSA) is 6.48 Å². The Bertz CT molecular complexity index is 155. The van der Waals surface area contributed by atoms with Gasteiger partial charge in [-0.1, -0.05) is 0 Å². The summed E-state index contributed by atoms with van der Waals surface area (Å²) in [6.07, 6.45) is 2.69. The molecule has 1 saturated heterocycles. The van der Waals surface area contributed by atoms with Crippen molar-refractivity contribution in [1.82, 2.24) is 9.80 Å². The Labute approximate surface area is 75.5 Å². The standard InChI is InChI=1S/C10H19N2/c1-10(3-4-10)9-12-7-5-11(2)6-8-12/h1,3-9H2,2H3. The van der Waals surface area contributed by atoms with E-state index in [1.165, 1.54) is 45.6 Å². The molecule has 1 aliphatic heterocycles. The van der Waals surface area contributed by atoms with E-state index in [9.17, 15) is 0 Å². The van der Waals surface area contributed by atoms with Gasteiger partial charge in [-0.3, -0.25) is 0 Å². The second-order valence-electron chi connectivity index (χ2n) is 4.58. The van der Waals surface area contributed by atoms with Crippen LogP contribution in [0.15, 0.2) is 0 Å². The molecule has 0 spiro atoms. The van der Waals surface area contributed by atoms with Gasteiger partial charge in [0.15, 0.2) is 0 Å². The summed E-state index contributed by atoms with van der Waals surface area (Å²) in [7, 11) is 2.20. The van der Waals surface area contributed by atoms with Gasteiger partial charge in [-0.15, -0.1) is 0 Å². The van der Waals surface area contributed by atoms with Gasteiger partial charge in [0, 0.05) is 32.7 Å². The van der Waals surface area contributed by atoms with Gasteiger partial charge < -0.3 is 9.80 Å². The molecule has 0 atom stereocenters. The van der Waals surface area contributed by atoms with E-state index >= 15 is 0 Å². The molecular formula is C10H19N2. The molecule has 1 aliphatic carbocycles. The van der Waals surface area contributed by atoms with Crippen LogP contribution in [0.5, 0.6) is 0 Å². The fourth-order valence-electron chi connectivity index (χ4n) is 1.82.